The third-order valence-electron chi connectivity index (χ3n) is 8.01. The summed E-state index contributed by atoms with van der Waals surface area (Å²) in [6, 6.07) is 1.08. The first-order valence-electron chi connectivity index (χ1n) is 11.3. The molecule has 4 fully saturated rings. The molecule has 1 saturated carbocycles. The van der Waals surface area contributed by atoms with Crippen LogP contribution in [0.3, 0.4) is 0 Å². The molecule has 0 bridgehead atoms. The summed E-state index contributed by atoms with van der Waals surface area (Å²) >= 11 is 0. The Bertz CT molecular complexity index is 592. The van der Waals surface area contributed by atoms with Crippen LogP contribution in [-0.2, 0) is 14.3 Å². The van der Waals surface area contributed by atoms with Gasteiger partial charge in [0.15, 0.2) is 0 Å². The van der Waals surface area contributed by atoms with E-state index in [1.54, 1.807) is 0 Å². The summed E-state index contributed by atoms with van der Waals surface area (Å²) in [4.78, 5) is 27.9. The van der Waals surface area contributed by atoms with Crippen LogP contribution in [0.15, 0.2) is 0 Å². The van der Waals surface area contributed by atoms with Crippen LogP contribution in [0.5, 0.6) is 0 Å². The zero-order valence-electron chi connectivity index (χ0n) is 17.7. The topological polar surface area (TPSA) is 70.7 Å². The largest absolute Gasteiger partial charge is 0.381 e. The molecular formula is C22H37N3O3. The van der Waals surface area contributed by atoms with Gasteiger partial charge in [-0.1, -0.05) is 6.92 Å². The van der Waals surface area contributed by atoms with Gasteiger partial charge in [0.1, 0.15) is 0 Å². The average molecular weight is 392 g/mol. The lowest BCUT2D eigenvalue weighted by Gasteiger charge is -2.50. The second-order valence-electron chi connectivity index (χ2n) is 9.88. The van der Waals surface area contributed by atoms with Gasteiger partial charge in [-0.3, -0.25) is 9.59 Å². The molecule has 3 heterocycles. The summed E-state index contributed by atoms with van der Waals surface area (Å²) in [5, 5.41) is 6.89. The van der Waals surface area contributed by atoms with Crippen LogP contribution in [0, 0.1) is 29.6 Å². The number of rotatable bonds is 3. The van der Waals surface area contributed by atoms with E-state index in [0.717, 1.165) is 45.1 Å². The molecule has 2 N–H and O–H groups in total. The molecule has 3 aliphatic heterocycles. The fourth-order valence-corrected chi connectivity index (χ4v) is 6.16. The van der Waals surface area contributed by atoms with E-state index in [1.165, 1.54) is 0 Å². The van der Waals surface area contributed by atoms with Gasteiger partial charge in [-0.05, 0) is 63.2 Å². The highest BCUT2D eigenvalue weighted by Crippen LogP contribution is 2.43. The number of piperidine rings is 2. The average Bonchev–Trinajstić information content (AvgIpc) is 3.22. The van der Waals surface area contributed by atoms with Crippen molar-refractivity contribution in [1.82, 2.24) is 15.5 Å². The van der Waals surface area contributed by atoms with Gasteiger partial charge < -0.3 is 20.3 Å². The molecule has 8 atom stereocenters. The van der Waals surface area contributed by atoms with E-state index in [2.05, 4.69) is 29.4 Å². The van der Waals surface area contributed by atoms with E-state index in [9.17, 15) is 9.59 Å². The van der Waals surface area contributed by atoms with Gasteiger partial charge in [0.2, 0.25) is 11.8 Å². The molecule has 6 nitrogen and oxygen atoms in total. The van der Waals surface area contributed by atoms with Gasteiger partial charge in [-0.15, -0.1) is 0 Å². The molecule has 4 rings (SSSR count). The Labute approximate surface area is 169 Å². The van der Waals surface area contributed by atoms with Gasteiger partial charge in [0.25, 0.3) is 0 Å². The van der Waals surface area contributed by atoms with E-state index >= 15 is 0 Å². The maximum atomic E-state index is 13.3. The highest BCUT2D eigenvalue weighted by molar-refractivity contribution is 5.81. The molecule has 0 aromatic carbocycles. The van der Waals surface area contributed by atoms with Crippen LogP contribution in [0.1, 0.15) is 52.4 Å². The minimum absolute atomic E-state index is 0.0105. The maximum absolute atomic E-state index is 13.3. The third-order valence-corrected chi connectivity index (χ3v) is 8.01. The van der Waals surface area contributed by atoms with Crippen molar-refractivity contribution in [2.75, 3.05) is 26.8 Å². The van der Waals surface area contributed by atoms with Crippen molar-refractivity contribution in [3.05, 3.63) is 0 Å². The van der Waals surface area contributed by atoms with Gasteiger partial charge in [0.05, 0.1) is 12.5 Å². The van der Waals surface area contributed by atoms with E-state index in [4.69, 9.17) is 4.74 Å². The lowest BCUT2D eigenvalue weighted by molar-refractivity contribution is -0.148. The molecule has 8 unspecified atom stereocenters. The van der Waals surface area contributed by atoms with Crippen molar-refractivity contribution in [3.63, 3.8) is 0 Å². The van der Waals surface area contributed by atoms with Gasteiger partial charge in [0, 0.05) is 44.2 Å². The number of carbonyl (C=O) groups is 2. The molecule has 4 aliphatic rings. The molecule has 6 heteroatoms. The van der Waals surface area contributed by atoms with E-state index in [0.29, 0.717) is 49.0 Å². The van der Waals surface area contributed by atoms with Crippen LogP contribution in [0.25, 0.3) is 0 Å². The van der Waals surface area contributed by atoms with Crippen LogP contribution in [-0.4, -0.2) is 61.6 Å². The molecule has 28 heavy (non-hydrogen) atoms. The Hall–Kier alpha value is -1.14. The zero-order chi connectivity index (χ0) is 19.8. The van der Waals surface area contributed by atoms with E-state index in [-0.39, 0.29) is 23.8 Å². The fourth-order valence-electron chi connectivity index (χ4n) is 6.16. The zero-order valence-corrected chi connectivity index (χ0v) is 17.7. The Morgan fingerprint density at radius 3 is 2.75 bits per heavy atom. The predicted molar refractivity (Wildman–Crippen MR) is 108 cm³/mol. The first kappa shape index (κ1) is 20.1. The molecular weight excluding hydrogens is 354 g/mol. The summed E-state index contributed by atoms with van der Waals surface area (Å²) in [5.41, 5.74) is 0. The first-order chi connectivity index (χ1) is 13.4. The van der Waals surface area contributed by atoms with Crippen LogP contribution in [0.4, 0.5) is 0 Å². The second-order valence-corrected chi connectivity index (χ2v) is 9.88. The lowest BCUT2D eigenvalue weighted by Crippen LogP contribution is -2.60. The molecule has 0 aromatic rings. The van der Waals surface area contributed by atoms with Gasteiger partial charge in [-0.25, -0.2) is 0 Å². The molecule has 158 valence electrons. The number of nitrogens with one attached hydrogen (secondary N) is 2. The third kappa shape index (κ3) is 3.95. The number of fused-ring (bicyclic) bond motifs is 1. The Kier molecular flexibility index (Phi) is 5.98. The standard InChI is InChI=1S/C22H37N3O3/c1-13-4-5-17(24-21(26)15-6-7-28-12-15)10-18(13)19-9-16-11-23-14(2)8-20(16)25(3)22(19)27/h13-20,23H,4-12H2,1-3H3,(H,24,26). The van der Waals surface area contributed by atoms with Crippen molar-refractivity contribution in [3.8, 4) is 0 Å². The quantitative estimate of drug-likeness (QED) is 0.770. The number of amides is 2. The van der Waals surface area contributed by atoms with Gasteiger partial charge >= 0.3 is 0 Å². The van der Waals surface area contributed by atoms with E-state index in [1.807, 2.05) is 7.05 Å². The Morgan fingerprint density at radius 2 is 2.00 bits per heavy atom. The second kappa shape index (κ2) is 8.31. The maximum Gasteiger partial charge on any atom is 0.225 e. The number of likely N-dealkylation sites (tertiary alicyclic amines) is 1. The van der Waals surface area contributed by atoms with Crippen LogP contribution in [0.2, 0.25) is 0 Å². The summed E-state index contributed by atoms with van der Waals surface area (Å²) in [5.74, 6) is 2.06. The number of ether oxygens (including phenoxy) is 1. The monoisotopic (exact) mass is 391 g/mol. The minimum atomic E-state index is 0.0105. The normalized spacial score (nSPS) is 44.2. The molecule has 3 saturated heterocycles. The highest BCUT2D eigenvalue weighted by atomic mass is 16.5. The van der Waals surface area contributed by atoms with Gasteiger partial charge in [-0.2, -0.15) is 0 Å². The molecule has 2 amide bonds. The van der Waals surface area contributed by atoms with Crippen molar-refractivity contribution in [2.45, 2.75) is 70.5 Å². The summed E-state index contributed by atoms with van der Waals surface area (Å²) in [6.45, 7) is 6.78. The molecule has 1 aliphatic carbocycles. The van der Waals surface area contributed by atoms with Crippen molar-refractivity contribution in [1.29, 1.82) is 0 Å². The van der Waals surface area contributed by atoms with Crippen molar-refractivity contribution < 1.29 is 14.3 Å². The molecule has 0 spiro atoms. The number of nitrogens with zero attached hydrogens (tertiary/aromatic N) is 1. The molecule has 0 aromatic heterocycles. The predicted octanol–water partition coefficient (Wildman–Crippen LogP) is 1.79. The van der Waals surface area contributed by atoms with Crippen LogP contribution >= 0.6 is 0 Å². The van der Waals surface area contributed by atoms with Crippen molar-refractivity contribution in [2.24, 2.45) is 29.6 Å². The summed E-state index contributed by atoms with van der Waals surface area (Å²) in [7, 11) is 2.01. The summed E-state index contributed by atoms with van der Waals surface area (Å²) < 4.78 is 5.37. The highest BCUT2D eigenvalue weighted by Gasteiger charge is 2.47. The minimum Gasteiger partial charge on any atom is -0.381 e. The van der Waals surface area contributed by atoms with E-state index < -0.39 is 0 Å². The molecule has 0 radical (unpaired) electrons. The number of hydrogen-bond donors (Lipinski definition) is 2. The number of hydrogen-bond acceptors (Lipinski definition) is 4. The van der Waals surface area contributed by atoms with Crippen LogP contribution < -0.4 is 10.6 Å². The Morgan fingerprint density at radius 1 is 1.18 bits per heavy atom. The number of carbonyl (C=O) groups excluding carboxylic acids is 2. The smallest absolute Gasteiger partial charge is 0.225 e. The Balaban J connectivity index is 1.41. The lowest BCUT2D eigenvalue weighted by atomic mass is 9.65. The first-order valence-corrected chi connectivity index (χ1v) is 11.3. The SMILES string of the molecule is CC1CC2C(CN1)CC(C1CC(NC(=O)C3CCOC3)CCC1C)C(=O)N2C. The van der Waals surface area contributed by atoms with Crippen molar-refractivity contribution >= 4 is 11.8 Å². The fraction of sp³-hybridized carbons (Fsp3) is 0.909. The summed E-state index contributed by atoms with van der Waals surface area (Å²) in [6.07, 6.45) is 5.94.